The van der Waals surface area contributed by atoms with E-state index < -0.39 is 11.8 Å². The number of carbonyl (C=O) groups is 2. The molecule has 0 saturated carbocycles. The molecule has 5 rings (SSSR count). The van der Waals surface area contributed by atoms with E-state index in [1.807, 2.05) is 17.0 Å². The molecule has 2 aliphatic heterocycles. The molecule has 2 aromatic heterocycles. The Morgan fingerprint density at radius 3 is 2.94 bits per heavy atom. The molecule has 0 saturated heterocycles. The number of ketones is 1. The van der Waals surface area contributed by atoms with Crippen LogP contribution in [0.2, 0.25) is 0 Å². The van der Waals surface area contributed by atoms with Crippen LogP contribution in [0.5, 0.6) is 0 Å². The molecule has 168 valence electrons. The van der Waals surface area contributed by atoms with Crippen LogP contribution in [0.3, 0.4) is 0 Å². The number of benzene rings is 1. The van der Waals surface area contributed by atoms with Gasteiger partial charge in [-0.3, -0.25) is 4.79 Å². The van der Waals surface area contributed by atoms with Crippen LogP contribution < -0.4 is 0 Å². The molecule has 2 aliphatic rings. The van der Waals surface area contributed by atoms with Crippen molar-refractivity contribution in [3.05, 3.63) is 82.2 Å². The zero-order valence-corrected chi connectivity index (χ0v) is 18.8. The highest BCUT2D eigenvalue weighted by molar-refractivity contribution is 6.26. The van der Waals surface area contributed by atoms with E-state index in [0.717, 1.165) is 17.4 Å². The van der Waals surface area contributed by atoms with Crippen LogP contribution in [-0.2, 0) is 32.0 Å². The van der Waals surface area contributed by atoms with Gasteiger partial charge in [0.2, 0.25) is 11.7 Å². The highest BCUT2D eigenvalue weighted by Crippen LogP contribution is 2.34. The molecule has 1 aromatic carbocycles. The van der Waals surface area contributed by atoms with Gasteiger partial charge in [0.1, 0.15) is 5.65 Å². The summed E-state index contributed by atoms with van der Waals surface area (Å²) in [4.78, 5) is 35.6. The van der Waals surface area contributed by atoms with Crippen molar-refractivity contribution in [1.82, 2.24) is 14.9 Å². The Bertz CT molecular complexity index is 1330. The zero-order valence-electron chi connectivity index (χ0n) is 18.8. The summed E-state index contributed by atoms with van der Waals surface area (Å²) < 4.78 is 11.5. The number of esters is 1. The predicted octanol–water partition coefficient (Wildman–Crippen LogP) is 4.03. The number of H-pyrrole nitrogens is 1. The van der Waals surface area contributed by atoms with Crippen LogP contribution in [0.4, 0.5) is 0 Å². The highest BCUT2D eigenvalue weighted by atomic mass is 16.6. The summed E-state index contributed by atoms with van der Waals surface area (Å²) in [6.45, 7) is 6.77. The third-order valence-corrected chi connectivity index (χ3v) is 5.85. The van der Waals surface area contributed by atoms with E-state index in [0.29, 0.717) is 18.7 Å². The number of ether oxygens (including phenoxy) is 2. The average molecular weight is 444 g/mol. The third-order valence-electron chi connectivity index (χ3n) is 5.85. The van der Waals surface area contributed by atoms with Gasteiger partial charge in [0, 0.05) is 36.4 Å². The number of nitrogens with one attached hydrogen (secondary N) is 1. The second-order valence-corrected chi connectivity index (χ2v) is 8.66. The van der Waals surface area contributed by atoms with E-state index in [4.69, 9.17) is 9.47 Å². The second-order valence-electron chi connectivity index (χ2n) is 8.66. The van der Waals surface area contributed by atoms with Crippen LogP contribution in [-0.4, -0.2) is 39.3 Å². The molecule has 1 N–H and O–H groups in total. The first kappa shape index (κ1) is 21.0. The Balaban J connectivity index is 1.52. The molecule has 0 fully saturated rings. The van der Waals surface area contributed by atoms with Crippen LogP contribution in [0.1, 0.15) is 36.1 Å². The van der Waals surface area contributed by atoms with Crippen LogP contribution in [0, 0.1) is 6.92 Å². The SMILES string of the molecule is Cc1ccc2c(c1)CN(C1=C(C(=O)OC(C)C)C(=O)/C(=C/c3c[nH]c4ncccc34)O1)CC2. The lowest BCUT2D eigenvalue weighted by Gasteiger charge is -2.31. The Labute approximate surface area is 191 Å². The first-order valence-electron chi connectivity index (χ1n) is 11.1. The Morgan fingerprint density at radius 2 is 2.12 bits per heavy atom. The highest BCUT2D eigenvalue weighted by Gasteiger charge is 2.40. The lowest BCUT2D eigenvalue weighted by atomic mass is 9.97. The van der Waals surface area contributed by atoms with Crippen molar-refractivity contribution in [3.8, 4) is 0 Å². The molecule has 4 heterocycles. The summed E-state index contributed by atoms with van der Waals surface area (Å²) in [5.74, 6) is -0.768. The molecule has 0 spiro atoms. The quantitative estimate of drug-likeness (QED) is 0.372. The number of hydrogen-bond donors (Lipinski definition) is 1. The number of Topliss-reactive ketones (excluding diaryl/α,β-unsaturated/α-hetero) is 1. The largest absolute Gasteiger partial charge is 0.459 e. The molecule has 7 nitrogen and oxygen atoms in total. The molecule has 33 heavy (non-hydrogen) atoms. The lowest BCUT2D eigenvalue weighted by molar-refractivity contribution is -0.143. The first-order chi connectivity index (χ1) is 15.9. The van der Waals surface area contributed by atoms with Gasteiger partial charge in [-0.25, -0.2) is 9.78 Å². The molecule has 0 amide bonds. The fourth-order valence-electron chi connectivity index (χ4n) is 4.29. The van der Waals surface area contributed by atoms with E-state index in [9.17, 15) is 9.59 Å². The first-order valence-corrected chi connectivity index (χ1v) is 11.1. The van der Waals surface area contributed by atoms with Gasteiger partial charge in [-0.1, -0.05) is 23.8 Å². The van der Waals surface area contributed by atoms with Gasteiger partial charge < -0.3 is 19.4 Å². The van der Waals surface area contributed by atoms with Crippen molar-refractivity contribution in [2.45, 2.75) is 39.8 Å². The molecule has 0 atom stereocenters. The van der Waals surface area contributed by atoms with Gasteiger partial charge in [0.05, 0.1) is 6.10 Å². The predicted molar refractivity (Wildman–Crippen MR) is 124 cm³/mol. The number of allylic oxidation sites excluding steroid dienone is 1. The van der Waals surface area contributed by atoms with Gasteiger partial charge in [-0.15, -0.1) is 0 Å². The monoisotopic (exact) mass is 443 g/mol. The topological polar surface area (TPSA) is 84.5 Å². The van der Waals surface area contributed by atoms with Crippen molar-refractivity contribution >= 4 is 28.9 Å². The molecule has 0 aliphatic carbocycles. The molecule has 0 unspecified atom stereocenters. The summed E-state index contributed by atoms with van der Waals surface area (Å²) in [6, 6.07) is 10.1. The molecule has 0 radical (unpaired) electrons. The van der Waals surface area contributed by atoms with Crippen LogP contribution >= 0.6 is 0 Å². The van der Waals surface area contributed by atoms with Gasteiger partial charge in [-0.05, 0) is 56.5 Å². The van der Waals surface area contributed by atoms with Crippen molar-refractivity contribution in [2.24, 2.45) is 0 Å². The summed E-state index contributed by atoms with van der Waals surface area (Å²) in [6.07, 6.45) is 5.57. The van der Waals surface area contributed by atoms with E-state index in [-0.39, 0.29) is 23.3 Å². The van der Waals surface area contributed by atoms with E-state index >= 15 is 0 Å². The minimum atomic E-state index is -0.663. The third kappa shape index (κ3) is 3.91. The number of pyridine rings is 1. The minimum absolute atomic E-state index is 0.0518. The summed E-state index contributed by atoms with van der Waals surface area (Å²) in [7, 11) is 0. The van der Waals surface area contributed by atoms with Gasteiger partial charge in [-0.2, -0.15) is 0 Å². The Kier molecular flexibility index (Phi) is 5.24. The van der Waals surface area contributed by atoms with E-state index in [1.165, 1.54) is 16.7 Å². The summed E-state index contributed by atoms with van der Waals surface area (Å²) in [5.41, 5.74) is 5.03. The number of nitrogens with zero attached hydrogens (tertiary/aromatic N) is 2. The standard InChI is InChI=1S/C26H25N3O4/c1-15(2)32-26(31)22-23(30)21(12-18-13-28-24-20(18)5-4-9-27-24)33-25(22)29-10-8-17-7-6-16(3)11-19(17)14-29/h4-7,9,11-13,15H,8,10,14H2,1-3H3,(H,27,28)/b21-12-. The number of aromatic amines is 1. The maximum Gasteiger partial charge on any atom is 0.348 e. The van der Waals surface area contributed by atoms with Gasteiger partial charge in [0.25, 0.3) is 0 Å². The maximum absolute atomic E-state index is 13.3. The average Bonchev–Trinajstić information content (AvgIpc) is 3.34. The number of fused-ring (bicyclic) bond motifs is 2. The Hall–Kier alpha value is -3.87. The molecular formula is C26H25N3O4. The van der Waals surface area contributed by atoms with E-state index in [1.54, 1.807) is 32.3 Å². The minimum Gasteiger partial charge on any atom is -0.459 e. The second kappa shape index (κ2) is 8.24. The molecule has 7 heteroatoms. The molecular weight excluding hydrogens is 418 g/mol. The Morgan fingerprint density at radius 1 is 1.27 bits per heavy atom. The van der Waals surface area contributed by atoms with Crippen molar-refractivity contribution in [1.29, 1.82) is 0 Å². The molecule has 3 aromatic rings. The number of hydrogen-bond acceptors (Lipinski definition) is 6. The number of rotatable bonds is 4. The van der Waals surface area contributed by atoms with Crippen molar-refractivity contribution in [3.63, 3.8) is 0 Å². The zero-order chi connectivity index (χ0) is 23.1. The van der Waals surface area contributed by atoms with Gasteiger partial charge >= 0.3 is 5.97 Å². The summed E-state index contributed by atoms with van der Waals surface area (Å²) in [5, 5.41) is 0.864. The molecule has 0 bridgehead atoms. The number of aromatic nitrogens is 2. The van der Waals surface area contributed by atoms with Crippen molar-refractivity contribution < 1.29 is 19.1 Å². The normalized spacial score (nSPS) is 17.2. The van der Waals surface area contributed by atoms with Crippen LogP contribution in [0.25, 0.3) is 17.1 Å². The van der Waals surface area contributed by atoms with Gasteiger partial charge in [0.15, 0.2) is 11.3 Å². The maximum atomic E-state index is 13.3. The van der Waals surface area contributed by atoms with E-state index in [2.05, 4.69) is 35.1 Å². The lowest BCUT2D eigenvalue weighted by Crippen LogP contribution is -2.32. The van der Waals surface area contributed by atoms with Crippen LogP contribution in [0.15, 0.2) is 59.9 Å². The van der Waals surface area contributed by atoms with Crippen molar-refractivity contribution in [2.75, 3.05) is 6.54 Å². The fraction of sp³-hybridized carbons (Fsp3) is 0.269. The fourth-order valence-corrected chi connectivity index (χ4v) is 4.29. The summed E-state index contributed by atoms with van der Waals surface area (Å²) >= 11 is 0. The smallest absolute Gasteiger partial charge is 0.348 e. The number of carbonyl (C=O) groups excluding carboxylic acids is 2. The number of aryl methyl sites for hydroxylation is 1.